The third-order valence-electron chi connectivity index (χ3n) is 4.27. The highest BCUT2D eigenvalue weighted by molar-refractivity contribution is 6.31. The van der Waals surface area contributed by atoms with E-state index in [9.17, 15) is 0 Å². The number of halogens is 1. The number of pyridine rings is 1. The van der Waals surface area contributed by atoms with Gasteiger partial charge in [0.15, 0.2) is 0 Å². The second kappa shape index (κ2) is 5.44. The largest absolute Gasteiger partial charge is 0.346 e. The molecule has 114 valence electrons. The summed E-state index contributed by atoms with van der Waals surface area (Å²) in [6, 6.07) is 10.3. The van der Waals surface area contributed by atoms with E-state index in [4.69, 9.17) is 11.6 Å². The van der Waals surface area contributed by atoms with Crippen molar-refractivity contribution in [3.8, 4) is 0 Å². The van der Waals surface area contributed by atoms with Crippen molar-refractivity contribution in [3.63, 3.8) is 0 Å². The van der Waals surface area contributed by atoms with Crippen LogP contribution in [0.3, 0.4) is 0 Å². The summed E-state index contributed by atoms with van der Waals surface area (Å²) in [7, 11) is 0. The van der Waals surface area contributed by atoms with E-state index < -0.39 is 0 Å². The molecule has 0 saturated heterocycles. The van der Waals surface area contributed by atoms with E-state index in [1.165, 1.54) is 16.5 Å². The normalized spacial score (nSPS) is 13.5. The lowest BCUT2D eigenvalue weighted by atomic mass is 9.86. The number of rotatable bonds is 2. The Hall–Kier alpha value is -1.80. The van der Waals surface area contributed by atoms with Crippen molar-refractivity contribution in [3.05, 3.63) is 64.4 Å². The first-order valence-electron chi connectivity index (χ1n) is 7.60. The van der Waals surface area contributed by atoms with Gasteiger partial charge < -0.3 is 4.98 Å². The van der Waals surface area contributed by atoms with Crippen LogP contribution in [-0.2, 0) is 5.41 Å². The number of nitrogens with zero attached hydrogens (tertiary/aromatic N) is 1. The van der Waals surface area contributed by atoms with E-state index in [2.05, 4.69) is 56.0 Å². The topological polar surface area (TPSA) is 28.7 Å². The average molecular weight is 313 g/mol. The van der Waals surface area contributed by atoms with Gasteiger partial charge >= 0.3 is 0 Å². The Labute approximate surface area is 136 Å². The van der Waals surface area contributed by atoms with E-state index in [1.807, 2.05) is 24.4 Å². The monoisotopic (exact) mass is 312 g/mol. The van der Waals surface area contributed by atoms with Crippen molar-refractivity contribution in [1.29, 1.82) is 0 Å². The molecule has 3 heteroatoms. The predicted molar refractivity (Wildman–Crippen MR) is 93.8 cm³/mol. The molecule has 1 aromatic carbocycles. The van der Waals surface area contributed by atoms with Gasteiger partial charge in [0.05, 0.1) is 0 Å². The van der Waals surface area contributed by atoms with Crippen LogP contribution in [0.15, 0.2) is 42.7 Å². The third kappa shape index (κ3) is 2.64. The Bertz CT molecular complexity index is 812. The zero-order chi connectivity index (χ0) is 15.9. The molecule has 0 spiro atoms. The molecule has 0 aliphatic carbocycles. The molecule has 2 heterocycles. The van der Waals surface area contributed by atoms with Crippen molar-refractivity contribution >= 4 is 22.6 Å². The number of nitrogens with one attached hydrogen (secondary N) is 1. The van der Waals surface area contributed by atoms with Crippen LogP contribution in [0.1, 0.15) is 50.3 Å². The number of H-pyrrole nitrogens is 1. The second-order valence-electron chi connectivity index (χ2n) is 6.86. The van der Waals surface area contributed by atoms with Crippen LogP contribution >= 0.6 is 11.6 Å². The van der Waals surface area contributed by atoms with Crippen LogP contribution in [0, 0.1) is 0 Å². The van der Waals surface area contributed by atoms with E-state index in [0.717, 1.165) is 16.2 Å². The Morgan fingerprint density at radius 3 is 2.55 bits per heavy atom. The summed E-state index contributed by atoms with van der Waals surface area (Å²) in [4.78, 5) is 7.86. The SMILES string of the molecule is CC(c1ccccc1Cl)c1c[nH]c2ncc(C(C)(C)C)cc12. The smallest absolute Gasteiger partial charge is 0.137 e. The molecule has 1 unspecified atom stereocenters. The standard InChI is InChI=1S/C19H21ClN2/c1-12(14-7-5-6-8-17(14)20)16-11-22-18-15(16)9-13(10-21-18)19(2,3)4/h5-12H,1-4H3,(H,21,22). The lowest BCUT2D eigenvalue weighted by molar-refractivity contribution is 0.588. The summed E-state index contributed by atoms with van der Waals surface area (Å²) in [5.74, 6) is 0.222. The summed E-state index contributed by atoms with van der Waals surface area (Å²) < 4.78 is 0. The number of hydrogen-bond donors (Lipinski definition) is 1. The van der Waals surface area contributed by atoms with Crippen molar-refractivity contribution in [2.45, 2.75) is 39.0 Å². The molecule has 0 aliphatic heterocycles. The predicted octanol–water partition coefficient (Wildman–Crippen LogP) is 5.67. The zero-order valence-electron chi connectivity index (χ0n) is 13.4. The lowest BCUT2D eigenvalue weighted by Crippen LogP contribution is -2.11. The van der Waals surface area contributed by atoms with E-state index >= 15 is 0 Å². The van der Waals surface area contributed by atoms with Gasteiger partial charge in [0.1, 0.15) is 5.65 Å². The van der Waals surface area contributed by atoms with Gasteiger partial charge in [-0.05, 0) is 34.2 Å². The van der Waals surface area contributed by atoms with Crippen molar-refractivity contribution in [2.24, 2.45) is 0 Å². The molecule has 0 amide bonds. The first kappa shape index (κ1) is 15.1. The number of aromatic nitrogens is 2. The third-order valence-corrected chi connectivity index (χ3v) is 4.61. The quantitative estimate of drug-likeness (QED) is 0.649. The van der Waals surface area contributed by atoms with E-state index in [1.54, 1.807) is 0 Å². The molecule has 1 atom stereocenters. The van der Waals surface area contributed by atoms with Crippen LogP contribution < -0.4 is 0 Å². The highest BCUT2D eigenvalue weighted by atomic mass is 35.5. The molecule has 1 N–H and O–H groups in total. The molecule has 2 aromatic heterocycles. The van der Waals surface area contributed by atoms with Gasteiger partial charge in [0.25, 0.3) is 0 Å². The Balaban J connectivity index is 2.13. The van der Waals surface area contributed by atoms with E-state index in [-0.39, 0.29) is 11.3 Å². The minimum absolute atomic E-state index is 0.0867. The minimum Gasteiger partial charge on any atom is -0.346 e. The fourth-order valence-corrected chi connectivity index (χ4v) is 3.09. The maximum absolute atomic E-state index is 6.37. The molecular weight excluding hydrogens is 292 g/mol. The van der Waals surface area contributed by atoms with E-state index in [0.29, 0.717) is 0 Å². The van der Waals surface area contributed by atoms with Gasteiger partial charge in [0, 0.05) is 28.7 Å². The molecular formula is C19H21ClN2. The first-order valence-corrected chi connectivity index (χ1v) is 7.97. The average Bonchev–Trinajstić information content (AvgIpc) is 2.89. The van der Waals surface area contributed by atoms with Crippen LogP contribution in [0.5, 0.6) is 0 Å². The van der Waals surface area contributed by atoms with Crippen LogP contribution in [0.25, 0.3) is 11.0 Å². The summed E-state index contributed by atoms with van der Waals surface area (Å²) in [5, 5.41) is 1.99. The summed E-state index contributed by atoms with van der Waals surface area (Å²) in [6.45, 7) is 8.81. The number of fused-ring (bicyclic) bond motifs is 1. The fourth-order valence-electron chi connectivity index (χ4n) is 2.79. The van der Waals surface area contributed by atoms with Crippen molar-refractivity contribution in [2.75, 3.05) is 0 Å². The highest BCUT2D eigenvalue weighted by Crippen LogP contribution is 2.35. The molecule has 0 fully saturated rings. The number of hydrogen-bond acceptors (Lipinski definition) is 1. The van der Waals surface area contributed by atoms with Crippen LogP contribution in [0.4, 0.5) is 0 Å². The van der Waals surface area contributed by atoms with Gasteiger partial charge in [-0.15, -0.1) is 0 Å². The summed E-state index contributed by atoms with van der Waals surface area (Å²) in [5.41, 5.74) is 4.64. The Morgan fingerprint density at radius 1 is 1.14 bits per heavy atom. The second-order valence-corrected chi connectivity index (χ2v) is 7.26. The highest BCUT2D eigenvalue weighted by Gasteiger charge is 2.19. The lowest BCUT2D eigenvalue weighted by Gasteiger charge is -2.19. The zero-order valence-corrected chi connectivity index (χ0v) is 14.2. The molecule has 0 bridgehead atoms. The number of aromatic amines is 1. The van der Waals surface area contributed by atoms with Gasteiger partial charge in [-0.1, -0.05) is 57.5 Å². The Morgan fingerprint density at radius 2 is 1.86 bits per heavy atom. The van der Waals surface area contributed by atoms with Gasteiger partial charge in [-0.3, -0.25) is 0 Å². The van der Waals surface area contributed by atoms with Crippen LogP contribution in [0.2, 0.25) is 5.02 Å². The maximum atomic E-state index is 6.37. The van der Waals surface area contributed by atoms with Gasteiger partial charge in [0.2, 0.25) is 0 Å². The van der Waals surface area contributed by atoms with Gasteiger partial charge in [-0.2, -0.15) is 0 Å². The molecule has 3 aromatic rings. The minimum atomic E-state index is 0.0867. The summed E-state index contributed by atoms with van der Waals surface area (Å²) >= 11 is 6.37. The molecule has 0 aliphatic rings. The summed E-state index contributed by atoms with van der Waals surface area (Å²) in [6.07, 6.45) is 4.01. The van der Waals surface area contributed by atoms with Crippen LogP contribution in [-0.4, -0.2) is 9.97 Å². The molecule has 0 saturated carbocycles. The number of benzene rings is 1. The van der Waals surface area contributed by atoms with Crippen molar-refractivity contribution < 1.29 is 0 Å². The maximum Gasteiger partial charge on any atom is 0.137 e. The Kier molecular flexibility index (Phi) is 3.73. The molecule has 22 heavy (non-hydrogen) atoms. The first-order chi connectivity index (χ1) is 10.4. The fraction of sp³-hybridized carbons (Fsp3) is 0.316. The molecule has 3 rings (SSSR count). The molecule has 0 radical (unpaired) electrons. The molecule has 2 nitrogen and oxygen atoms in total. The van der Waals surface area contributed by atoms with Crippen molar-refractivity contribution in [1.82, 2.24) is 9.97 Å². The van der Waals surface area contributed by atoms with Gasteiger partial charge in [-0.25, -0.2) is 4.98 Å².